The molecule has 1 aromatic carbocycles. The van der Waals surface area contributed by atoms with Gasteiger partial charge in [-0.1, -0.05) is 6.42 Å². The van der Waals surface area contributed by atoms with E-state index in [-0.39, 0.29) is 29.3 Å². The van der Waals surface area contributed by atoms with Gasteiger partial charge in [0.15, 0.2) is 0 Å². The highest BCUT2D eigenvalue weighted by atomic mass is 32.2. The Hall–Kier alpha value is -1.56. The van der Waals surface area contributed by atoms with Crippen molar-refractivity contribution < 1.29 is 19.1 Å². The van der Waals surface area contributed by atoms with Gasteiger partial charge in [0.25, 0.3) is 0 Å². The summed E-state index contributed by atoms with van der Waals surface area (Å²) >= 11 is 1.33. The minimum absolute atomic E-state index is 0.110. The first-order chi connectivity index (χ1) is 9.99. The summed E-state index contributed by atoms with van der Waals surface area (Å²) in [5.41, 5.74) is -0.262. The number of aliphatic carboxylic acids is 1. The molecule has 1 aliphatic rings. The molecule has 0 saturated heterocycles. The van der Waals surface area contributed by atoms with Gasteiger partial charge in [-0.05, 0) is 42.5 Å². The fourth-order valence-corrected chi connectivity index (χ4v) is 3.16. The van der Waals surface area contributed by atoms with Crippen molar-refractivity contribution in [1.82, 2.24) is 5.32 Å². The van der Waals surface area contributed by atoms with E-state index in [1.165, 1.54) is 23.9 Å². The quantitative estimate of drug-likeness (QED) is 0.760. The summed E-state index contributed by atoms with van der Waals surface area (Å²) in [5, 5.41) is 11.7. The second-order valence-electron chi connectivity index (χ2n) is 5.44. The van der Waals surface area contributed by atoms with Gasteiger partial charge in [0.2, 0.25) is 5.91 Å². The number of halogens is 1. The number of carbonyl (C=O) groups excluding carboxylic acids is 1. The van der Waals surface area contributed by atoms with Crippen LogP contribution in [0.15, 0.2) is 29.2 Å². The number of carbonyl (C=O) groups is 2. The molecule has 1 saturated carbocycles. The average Bonchev–Trinajstić information content (AvgIpc) is 2.40. The smallest absolute Gasteiger partial charge is 0.303 e. The van der Waals surface area contributed by atoms with Gasteiger partial charge in [0.1, 0.15) is 5.82 Å². The van der Waals surface area contributed by atoms with E-state index in [0.29, 0.717) is 6.54 Å². The first kappa shape index (κ1) is 15.8. The number of carboxylic acid groups (broad SMARTS) is 1. The molecule has 1 aliphatic carbocycles. The topological polar surface area (TPSA) is 66.4 Å². The van der Waals surface area contributed by atoms with Crippen molar-refractivity contribution in [1.29, 1.82) is 0 Å². The number of rotatable bonds is 7. The standard InChI is InChI=1S/C15H18FNO3S/c16-11-2-4-12(5-3-11)21-9-13(18)17-10-15(6-1-7-15)8-14(19)20/h2-5H,1,6-10H2,(H,17,18)(H,19,20). The summed E-state index contributed by atoms with van der Waals surface area (Å²) in [7, 11) is 0. The summed E-state index contributed by atoms with van der Waals surface area (Å²) in [6.07, 6.45) is 2.83. The molecule has 6 heteroatoms. The zero-order valence-electron chi connectivity index (χ0n) is 11.6. The number of nitrogens with one attached hydrogen (secondary N) is 1. The second-order valence-corrected chi connectivity index (χ2v) is 6.49. The molecule has 1 amide bonds. The first-order valence-corrected chi connectivity index (χ1v) is 7.85. The average molecular weight is 311 g/mol. The molecule has 21 heavy (non-hydrogen) atoms. The van der Waals surface area contributed by atoms with Crippen LogP contribution in [0.25, 0.3) is 0 Å². The summed E-state index contributed by atoms with van der Waals surface area (Å²) < 4.78 is 12.8. The Bertz CT molecular complexity index is 514. The second kappa shape index (κ2) is 6.93. The van der Waals surface area contributed by atoms with Crippen molar-refractivity contribution in [3.8, 4) is 0 Å². The van der Waals surface area contributed by atoms with E-state index < -0.39 is 5.97 Å². The zero-order chi connectivity index (χ0) is 15.3. The highest BCUT2D eigenvalue weighted by Gasteiger charge is 2.39. The van der Waals surface area contributed by atoms with E-state index in [4.69, 9.17) is 5.11 Å². The van der Waals surface area contributed by atoms with Crippen LogP contribution in [0, 0.1) is 11.2 Å². The van der Waals surface area contributed by atoms with Crippen molar-refractivity contribution in [2.45, 2.75) is 30.6 Å². The fraction of sp³-hybridized carbons (Fsp3) is 0.467. The first-order valence-electron chi connectivity index (χ1n) is 6.86. The molecule has 0 spiro atoms. The van der Waals surface area contributed by atoms with Crippen LogP contribution in [0.5, 0.6) is 0 Å². The number of benzene rings is 1. The molecule has 0 atom stereocenters. The van der Waals surface area contributed by atoms with Crippen LogP contribution in [-0.2, 0) is 9.59 Å². The fourth-order valence-electron chi connectivity index (χ4n) is 2.43. The molecule has 0 heterocycles. The molecule has 0 bridgehead atoms. The Morgan fingerprint density at radius 3 is 2.48 bits per heavy atom. The monoisotopic (exact) mass is 311 g/mol. The van der Waals surface area contributed by atoms with Gasteiger partial charge in [0.05, 0.1) is 12.2 Å². The van der Waals surface area contributed by atoms with E-state index >= 15 is 0 Å². The Morgan fingerprint density at radius 1 is 1.29 bits per heavy atom. The molecule has 0 unspecified atom stereocenters. The molecule has 1 aromatic rings. The summed E-state index contributed by atoms with van der Waals surface area (Å²) in [5.74, 6) is -0.996. The normalized spacial score (nSPS) is 16.0. The number of carboxylic acids is 1. The Kier molecular flexibility index (Phi) is 5.22. The Morgan fingerprint density at radius 2 is 1.95 bits per heavy atom. The SMILES string of the molecule is O=C(O)CC1(CNC(=O)CSc2ccc(F)cc2)CCC1. The van der Waals surface area contributed by atoms with E-state index in [1.54, 1.807) is 12.1 Å². The lowest BCUT2D eigenvalue weighted by atomic mass is 9.66. The third-order valence-corrected chi connectivity index (χ3v) is 4.80. The molecular weight excluding hydrogens is 293 g/mol. The predicted molar refractivity (Wildman–Crippen MR) is 78.7 cm³/mol. The van der Waals surface area contributed by atoms with Gasteiger partial charge in [-0.2, -0.15) is 0 Å². The van der Waals surface area contributed by atoms with Gasteiger partial charge < -0.3 is 10.4 Å². The summed E-state index contributed by atoms with van der Waals surface area (Å²) in [4.78, 5) is 23.5. The number of thioether (sulfide) groups is 1. The van der Waals surface area contributed by atoms with Gasteiger partial charge >= 0.3 is 5.97 Å². The van der Waals surface area contributed by atoms with Crippen molar-refractivity contribution >= 4 is 23.6 Å². The molecule has 114 valence electrons. The van der Waals surface area contributed by atoms with E-state index in [1.807, 2.05) is 0 Å². The molecule has 1 fully saturated rings. The van der Waals surface area contributed by atoms with E-state index in [0.717, 1.165) is 24.2 Å². The minimum Gasteiger partial charge on any atom is -0.481 e. The van der Waals surface area contributed by atoms with Crippen molar-refractivity contribution in [2.24, 2.45) is 5.41 Å². The van der Waals surface area contributed by atoms with E-state index in [2.05, 4.69) is 5.32 Å². The lowest BCUT2D eigenvalue weighted by molar-refractivity contribution is -0.141. The molecule has 2 rings (SSSR count). The van der Waals surface area contributed by atoms with Crippen molar-refractivity contribution in [2.75, 3.05) is 12.3 Å². The maximum atomic E-state index is 12.8. The van der Waals surface area contributed by atoms with E-state index in [9.17, 15) is 14.0 Å². The molecular formula is C15H18FNO3S. The molecule has 0 radical (unpaired) electrons. The molecule has 2 N–H and O–H groups in total. The van der Waals surface area contributed by atoms with Crippen LogP contribution in [0.3, 0.4) is 0 Å². The van der Waals surface area contributed by atoms with Crippen LogP contribution in [-0.4, -0.2) is 29.3 Å². The highest BCUT2D eigenvalue weighted by molar-refractivity contribution is 8.00. The van der Waals surface area contributed by atoms with Crippen LogP contribution in [0.4, 0.5) is 4.39 Å². The highest BCUT2D eigenvalue weighted by Crippen LogP contribution is 2.43. The lowest BCUT2D eigenvalue weighted by Gasteiger charge is -2.40. The van der Waals surface area contributed by atoms with Gasteiger partial charge in [-0.15, -0.1) is 11.8 Å². The lowest BCUT2D eigenvalue weighted by Crippen LogP contribution is -2.44. The third kappa shape index (κ3) is 4.74. The van der Waals surface area contributed by atoms with Gasteiger partial charge in [-0.25, -0.2) is 4.39 Å². The summed E-state index contributed by atoms with van der Waals surface area (Å²) in [6, 6.07) is 5.98. The van der Waals surface area contributed by atoms with Crippen LogP contribution < -0.4 is 5.32 Å². The Labute approximate surface area is 127 Å². The maximum absolute atomic E-state index is 12.8. The van der Waals surface area contributed by atoms with Crippen molar-refractivity contribution in [3.63, 3.8) is 0 Å². The number of hydrogen-bond donors (Lipinski definition) is 2. The largest absolute Gasteiger partial charge is 0.481 e. The summed E-state index contributed by atoms with van der Waals surface area (Å²) in [6.45, 7) is 0.419. The van der Waals surface area contributed by atoms with Gasteiger partial charge in [-0.3, -0.25) is 9.59 Å². The zero-order valence-corrected chi connectivity index (χ0v) is 12.4. The Balaban J connectivity index is 1.74. The van der Waals surface area contributed by atoms with Crippen LogP contribution in [0.1, 0.15) is 25.7 Å². The molecule has 0 aliphatic heterocycles. The minimum atomic E-state index is -0.815. The van der Waals surface area contributed by atoms with Crippen molar-refractivity contribution in [3.05, 3.63) is 30.1 Å². The number of hydrogen-bond acceptors (Lipinski definition) is 3. The molecule has 0 aromatic heterocycles. The molecule has 4 nitrogen and oxygen atoms in total. The number of amides is 1. The predicted octanol–water partition coefficient (Wildman–Crippen LogP) is 2.68. The maximum Gasteiger partial charge on any atom is 0.303 e. The van der Waals surface area contributed by atoms with Crippen LogP contribution in [0.2, 0.25) is 0 Å². The third-order valence-electron chi connectivity index (χ3n) is 3.78. The van der Waals surface area contributed by atoms with Gasteiger partial charge in [0, 0.05) is 11.4 Å². The van der Waals surface area contributed by atoms with Crippen LogP contribution >= 0.6 is 11.8 Å².